The zero-order valence-corrected chi connectivity index (χ0v) is 14.9. The smallest absolute Gasteiger partial charge is 0.231 e. The van der Waals surface area contributed by atoms with Crippen molar-refractivity contribution < 1.29 is 23.4 Å². The summed E-state index contributed by atoms with van der Waals surface area (Å²) >= 11 is 0. The van der Waals surface area contributed by atoms with E-state index in [1.807, 2.05) is 18.2 Å². The minimum Gasteiger partial charge on any atom is -0.497 e. The number of nitrogens with one attached hydrogen (secondary N) is 1. The first-order chi connectivity index (χ1) is 13.1. The summed E-state index contributed by atoms with van der Waals surface area (Å²) in [7, 11) is 1.60. The largest absolute Gasteiger partial charge is 0.497 e. The van der Waals surface area contributed by atoms with Gasteiger partial charge in [-0.1, -0.05) is 0 Å². The number of ether oxygens (including phenoxy) is 3. The molecule has 0 saturated carbocycles. The van der Waals surface area contributed by atoms with Crippen molar-refractivity contribution in [1.29, 1.82) is 0 Å². The lowest BCUT2D eigenvalue weighted by Crippen LogP contribution is -2.15. The minimum absolute atomic E-state index is 0.117. The molecule has 0 spiro atoms. The molecule has 0 fully saturated rings. The van der Waals surface area contributed by atoms with Gasteiger partial charge in [0.15, 0.2) is 11.5 Å². The number of hydrogen-bond donors (Lipinski definition) is 1. The summed E-state index contributed by atoms with van der Waals surface area (Å²) in [5.41, 5.74) is 2.05. The lowest BCUT2D eigenvalue weighted by Gasteiger charge is -2.05. The minimum atomic E-state index is -0.172. The quantitative estimate of drug-likeness (QED) is 0.743. The second-order valence-corrected chi connectivity index (χ2v) is 6.04. The van der Waals surface area contributed by atoms with Gasteiger partial charge in [-0.25, -0.2) is 4.98 Å². The number of methoxy groups -OCH3 is 1. The number of rotatable bonds is 5. The number of carbonyl (C=O) groups excluding carboxylic acids is 1. The zero-order chi connectivity index (χ0) is 18.8. The van der Waals surface area contributed by atoms with Crippen LogP contribution in [-0.4, -0.2) is 24.8 Å². The fourth-order valence-corrected chi connectivity index (χ4v) is 2.78. The number of oxazole rings is 1. The maximum atomic E-state index is 12.3. The molecule has 4 rings (SSSR count). The van der Waals surface area contributed by atoms with Gasteiger partial charge in [-0.2, -0.15) is 0 Å². The Kier molecular flexibility index (Phi) is 4.42. The number of anilines is 1. The summed E-state index contributed by atoms with van der Waals surface area (Å²) in [4.78, 5) is 16.8. The Balaban J connectivity index is 1.47. The topological polar surface area (TPSA) is 82.8 Å². The average Bonchev–Trinajstić information content (AvgIpc) is 3.28. The molecule has 3 aromatic rings. The number of aryl methyl sites for hydroxylation is 1. The van der Waals surface area contributed by atoms with Crippen LogP contribution in [0.2, 0.25) is 0 Å². The first-order valence-corrected chi connectivity index (χ1v) is 8.42. The number of aromatic nitrogens is 1. The van der Waals surface area contributed by atoms with Crippen LogP contribution in [0.5, 0.6) is 17.2 Å². The van der Waals surface area contributed by atoms with Crippen LogP contribution in [0.25, 0.3) is 11.5 Å². The zero-order valence-electron chi connectivity index (χ0n) is 14.9. The van der Waals surface area contributed by atoms with Gasteiger partial charge in [0.2, 0.25) is 18.6 Å². The summed E-state index contributed by atoms with van der Waals surface area (Å²) in [5.74, 6) is 2.95. The van der Waals surface area contributed by atoms with Gasteiger partial charge in [0.1, 0.15) is 11.5 Å². The summed E-state index contributed by atoms with van der Waals surface area (Å²) < 4.78 is 21.5. The summed E-state index contributed by atoms with van der Waals surface area (Å²) in [6.45, 7) is 2.00. The van der Waals surface area contributed by atoms with E-state index >= 15 is 0 Å². The van der Waals surface area contributed by atoms with E-state index in [-0.39, 0.29) is 19.1 Å². The normalized spacial score (nSPS) is 12.1. The molecule has 0 unspecified atom stereocenters. The van der Waals surface area contributed by atoms with Crippen LogP contribution in [0, 0.1) is 6.92 Å². The van der Waals surface area contributed by atoms with E-state index in [2.05, 4.69) is 10.3 Å². The van der Waals surface area contributed by atoms with Crippen LogP contribution in [0.3, 0.4) is 0 Å². The highest BCUT2D eigenvalue weighted by Crippen LogP contribution is 2.36. The lowest BCUT2D eigenvalue weighted by atomic mass is 10.2. The molecule has 7 nitrogen and oxygen atoms in total. The number of nitrogens with zero attached hydrogens (tertiary/aromatic N) is 1. The summed E-state index contributed by atoms with van der Waals surface area (Å²) in [6, 6.07) is 12.6. The van der Waals surface area contributed by atoms with E-state index in [4.69, 9.17) is 18.6 Å². The standard InChI is InChI=1S/C20H18N2O5/c1-12-16(10-19(23)21-14-4-6-15(24-2)7-5-14)22-20(27-12)13-3-8-17-18(9-13)26-11-25-17/h3-9H,10-11H2,1-2H3,(H,21,23). The first-order valence-electron chi connectivity index (χ1n) is 8.42. The van der Waals surface area contributed by atoms with E-state index in [0.29, 0.717) is 34.5 Å². The molecule has 1 N–H and O–H groups in total. The predicted octanol–water partition coefficient (Wildman–Crippen LogP) is 3.57. The maximum absolute atomic E-state index is 12.3. The molecule has 1 aliphatic heterocycles. The van der Waals surface area contributed by atoms with Crippen molar-refractivity contribution in [1.82, 2.24) is 4.98 Å². The third-order valence-electron chi connectivity index (χ3n) is 4.21. The Labute approximate surface area is 155 Å². The van der Waals surface area contributed by atoms with Crippen LogP contribution in [0.1, 0.15) is 11.5 Å². The summed E-state index contributed by atoms with van der Waals surface area (Å²) in [6.07, 6.45) is 0.117. The number of amides is 1. The second kappa shape index (κ2) is 7.03. The molecule has 0 radical (unpaired) electrons. The SMILES string of the molecule is COc1ccc(NC(=O)Cc2nc(-c3ccc4c(c3)OCO4)oc2C)cc1. The van der Waals surface area contributed by atoms with Crippen molar-refractivity contribution in [2.24, 2.45) is 0 Å². The molecule has 27 heavy (non-hydrogen) atoms. The molecule has 0 atom stereocenters. The van der Waals surface area contributed by atoms with Crippen LogP contribution < -0.4 is 19.5 Å². The Morgan fingerprint density at radius 2 is 1.93 bits per heavy atom. The Morgan fingerprint density at radius 1 is 1.15 bits per heavy atom. The van der Waals surface area contributed by atoms with E-state index in [1.54, 1.807) is 38.3 Å². The van der Waals surface area contributed by atoms with Gasteiger partial charge in [0.05, 0.1) is 19.2 Å². The number of benzene rings is 2. The fraction of sp³-hybridized carbons (Fsp3) is 0.200. The molecule has 1 aromatic heterocycles. The van der Waals surface area contributed by atoms with E-state index in [0.717, 1.165) is 11.3 Å². The number of hydrogen-bond acceptors (Lipinski definition) is 6. The molecule has 0 saturated heterocycles. The van der Waals surface area contributed by atoms with E-state index < -0.39 is 0 Å². The molecule has 1 amide bonds. The third-order valence-corrected chi connectivity index (χ3v) is 4.21. The molecule has 1 aliphatic rings. The van der Waals surface area contributed by atoms with Gasteiger partial charge in [0, 0.05) is 11.3 Å². The van der Waals surface area contributed by atoms with Gasteiger partial charge in [-0.15, -0.1) is 0 Å². The Hall–Kier alpha value is -3.48. The highest BCUT2D eigenvalue weighted by atomic mass is 16.7. The lowest BCUT2D eigenvalue weighted by molar-refractivity contribution is -0.115. The van der Waals surface area contributed by atoms with Gasteiger partial charge in [-0.05, 0) is 49.4 Å². The number of fused-ring (bicyclic) bond motifs is 1. The van der Waals surface area contributed by atoms with Crippen molar-refractivity contribution in [3.05, 3.63) is 53.9 Å². The summed E-state index contributed by atoms with van der Waals surface area (Å²) in [5, 5.41) is 2.84. The monoisotopic (exact) mass is 366 g/mol. The molecule has 0 bridgehead atoms. The fourth-order valence-electron chi connectivity index (χ4n) is 2.78. The van der Waals surface area contributed by atoms with Crippen molar-refractivity contribution in [2.45, 2.75) is 13.3 Å². The highest BCUT2D eigenvalue weighted by molar-refractivity contribution is 5.92. The molecule has 0 aliphatic carbocycles. The maximum Gasteiger partial charge on any atom is 0.231 e. The van der Waals surface area contributed by atoms with Crippen LogP contribution >= 0.6 is 0 Å². The molecule has 2 aromatic carbocycles. The van der Waals surface area contributed by atoms with Gasteiger partial charge in [-0.3, -0.25) is 4.79 Å². The molecule has 2 heterocycles. The van der Waals surface area contributed by atoms with E-state index in [9.17, 15) is 4.79 Å². The van der Waals surface area contributed by atoms with Gasteiger partial charge < -0.3 is 23.9 Å². The third kappa shape index (κ3) is 3.57. The molecule has 138 valence electrons. The van der Waals surface area contributed by atoms with Crippen LogP contribution in [-0.2, 0) is 11.2 Å². The van der Waals surface area contributed by atoms with E-state index in [1.165, 1.54) is 0 Å². The molecular formula is C20H18N2O5. The average molecular weight is 366 g/mol. The molecule has 7 heteroatoms. The van der Waals surface area contributed by atoms with Crippen molar-refractivity contribution in [2.75, 3.05) is 19.2 Å². The highest BCUT2D eigenvalue weighted by Gasteiger charge is 2.18. The van der Waals surface area contributed by atoms with Crippen molar-refractivity contribution in [3.8, 4) is 28.7 Å². The molecular weight excluding hydrogens is 348 g/mol. The van der Waals surface area contributed by atoms with Crippen molar-refractivity contribution in [3.63, 3.8) is 0 Å². The predicted molar refractivity (Wildman–Crippen MR) is 98.1 cm³/mol. The second-order valence-electron chi connectivity index (χ2n) is 6.04. The Bertz CT molecular complexity index is 979. The Morgan fingerprint density at radius 3 is 2.70 bits per heavy atom. The van der Waals surface area contributed by atoms with Crippen LogP contribution in [0.4, 0.5) is 5.69 Å². The van der Waals surface area contributed by atoms with Gasteiger partial charge >= 0.3 is 0 Å². The van der Waals surface area contributed by atoms with Gasteiger partial charge in [0.25, 0.3) is 0 Å². The van der Waals surface area contributed by atoms with Crippen LogP contribution in [0.15, 0.2) is 46.9 Å². The van der Waals surface area contributed by atoms with Crippen molar-refractivity contribution >= 4 is 11.6 Å². The first kappa shape index (κ1) is 17.0. The number of carbonyl (C=O) groups is 1.